The van der Waals surface area contributed by atoms with Gasteiger partial charge in [-0.2, -0.15) is 8.75 Å². The van der Waals surface area contributed by atoms with Gasteiger partial charge in [0.1, 0.15) is 12.4 Å². The standard InChI is InChI=1S/C21H28N4O4S/c26-21(20-14-22-30-23-20)25(16-19-2-1-10-28-19)15-17-3-5-18(6-4-17)29-13-9-24-7-11-27-12-8-24/h3-6,14,19H,1-2,7-13,15-16H2. The molecule has 0 saturated carbocycles. The van der Waals surface area contributed by atoms with E-state index < -0.39 is 0 Å². The number of morpholine rings is 1. The number of carbonyl (C=O) groups excluding carboxylic acids is 1. The molecular weight excluding hydrogens is 404 g/mol. The minimum absolute atomic E-state index is 0.0864. The Hall–Kier alpha value is -2.07. The van der Waals surface area contributed by atoms with E-state index in [9.17, 15) is 4.79 Å². The van der Waals surface area contributed by atoms with Crippen LogP contribution in [0.4, 0.5) is 0 Å². The van der Waals surface area contributed by atoms with Gasteiger partial charge in [0.05, 0.1) is 37.2 Å². The maximum atomic E-state index is 12.9. The van der Waals surface area contributed by atoms with Crippen molar-refractivity contribution in [1.82, 2.24) is 18.5 Å². The van der Waals surface area contributed by atoms with E-state index in [4.69, 9.17) is 14.2 Å². The van der Waals surface area contributed by atoms with Crippen LogP contribution in [-0.2, 0) is 16.0 Å². The predicted octanol–water partition coefficient (Wildman–Crippen LogP) is 2.07. The second-order valence-corrected chi connectivity index (χ2v) is 8.12. The molecule has 1 unspecified atom stereocenters. The van der Waals surface area contributed by atoms with E-state index in [2.05, 4.69) is 13.6 Å². The summed E-state index contributed by atoms with van der Waals surface area (Å²) < 4.78 is 25.1. The summed E-state index contributed by atoms with van der Waals surface area (Å²) in [7, 11) is 0. The molecule has 0 spiro atoms. The minimum Gasteiger partial charge on any atom is -0.492 e. The third-order valence-corrected chi connectivity index (χ3v) is 5.87. The number of amides is 1. The third kappa shape index (κ3) is 5.98. The van der Waals surface area contributed by atoms with Crippen LogP contribution in [-0.4, -0.2) is 83.2 Å². The van der Waals surface area contributed by atoms with Gasteiger partial charge in [-0.1, -0.05) is 12.1 Å². The predicted molar refractivity (Wildman–Crippen MR) is 113 cm³/mol. The summed E-state index contributed by atoms with van der Waals surface area (Å²) in [6, 6.07) is 7.96. The van der Waals surface area contributed by atoms with Crippen LogP contribution in [0.2, 0.25) is 0 Å². The second kappa shape index (κ2) is 10.8. The van der Waals surface area contributed by atoms with Gasteiger partial charge in [0.15, 0.2) is 5.69 Å². The van der Waals surface area contributed by atoms with Gasteiger partial charge in [0, 0.05) is 39.3 Å². The molecule has 2 aliphatic heterocycles. The topological polar surface area (TPSA) is 77.0 Å². The summed E-state index contributed by atoms with van der Waals surface area (Å²) in [6.07, 6.45) is 3.64. The molecule has 30 heavy (non-hydrogen) atoms. The average Bonchev–Trinajstić information content (AvgIpc) is 3.49. The van der Waals surface area contributed by atoms with Crippen molar-refractivity contribution in [2.75, 3.05) is 52.6 Å². The second-order valence-electron chi connectivity index (χ2n) is 7.56. The van der Waals surface area contributed by atoms with Gasteiger partial charge in [0.25, 0.3) is 5.91 Å². The number of rotatable bonds is 9. The monoisotopic (exact) mass is 432 g/mol. The molecule has 3 heterocycles. The maximum absolute atomic E-state index is 12.9. The van der Waals surface area contributed by atoms with E-state index in [1.807, 2.05) is 24.3 Å². The molecule has 2 aromatic rings. The van der Waals surface area contributed by atoms with Gasteiger partial charge in [-0.3, -0.25) is 9.69 Å². The van der Waals surface area contributed by atoms with Crippen LogP contribution in [0.25, 0.3) is 0 Å². The van der Waals surface area contributed by atoms with Crippen molar-refractivity contribution in [1.29, 1.82) is 0 Å². The zero-order valence-electron chi connectivity index (χ0n) is 17.1. The van der Waals surface area contributed by atoms with Gasteiger partial charge >= 0.3 is 0 Å². The van der Waals surface area contributed by atoms with Crippen LogP contribution in [0.5, 0.6) is 5.75 Å². The van der Waals surface area contributed by atoms with Crippen molar-refractivity contribution in [2.45, 2.75) is 25.5 Å². The lowest BCUT2D eigenvalue weighted by Gasteiger charge is -2.26. The molecule has 9 heteroatoms. The number of carbonyl (C=O) groups is 1. The Kier molecular flexibility index (Phi) is 7.63. The number of aromatic nitrogens is 2. The van der Waals surface area contributed by atoms with Crippen LogP contribution in [0, 0.1) is 0 Å². The average molecular weight is 433 g/mol. The van der Waals surface area contributed by atoms with E-state index in [0.29, 0.717) is 25.4 Å². The molecule has 1 aromatic heterocycles. The summed E-state index contributed by atoms with van der Waals surface area (Å²) in [5.74, 6) is 0.734. The first kappa shape index (κ1) is 21.2. The summed E-state index contributed by atoms with van der Waals surface area (Å²) in [6.45, 7) is 6.91. The zero-order valence-corrected chi connectivity index (χ0v) is 17.9. The van der Waals surface area contributed by atoms with Crippen LogP contribution in [0.15, 0.2) is 30.5 Å². The van der Waals surface area contributed by atoms with E-state index in [1.165, 1.54) is 6.20 Å². The van der Waals surface area contributed by atoms with Crippen LogP contribution in [0.3, 0.4) is 0 Å². The van der Waals surface area contributed by atoms with Gasteiger partial charge in [-0.25, -0.2) is 0 Å². The molecule has 1 amide bonds. The maximum Gasteiger partial charge on any atom is 0.275 e. The Morgan fingerprint density at radius 3 is 2.77 bits per heavy atom. The van der Waals surface area contributed by atoms with Crippen molar-refractivity contribution in [3.8, 4) is 5.75 Å². The zero-order chi connectivity index (χ0) is 20.6. The largest absolute Gasteiger partial charge is 0.492 e. The van der Waals surface area contributed by atoms with E-state index in [0.717, 1.165) is 75.3 Å². The van der Waals surface area contributed by atoms with E-state index in [1.54, 1.807) is 4.90 Å². The fourth-order valence-corrected chi connectivity index (χ4v) is 4.11. The summed E-state index contributed by atoms with van der Waals surface area (Å²) in [5.41, 5.74) is 1.44. The molecule has 2 fully saturated rings. The lowest BCUT2D eigenvalue weighted by atomic mass is 10.1. The van der Waals surface area contributed by atoms with E-state index in [-0.39, 0.29) is 12.0 Å². The fourth-order valence-electron chi connectivity index (χ4n) is 3.70. The van der Waals surface area contributed by atoms with Crippen molar-refractivity contribution < 1.29 is 19.0 Å². The lowest BCUT2D eigenvalue weighted by molar-refractivity contribution is 0.0322. The molecule has 2 aliphatic rings. The third-order valence-electron chi connectivity index (χ3n) is 5.39. The van der Waals surface area contributed by atoms with Crippen molar-refractivity contribution >= 4 is 17.6 Å². The van der Waals surface area contributed by atoms with Gasteiger partial charge in [-0.05, 0) is 30.5 Å². The number of nitrogens with zero attached hydrogens (tertiary/aromatic N) is 4. The van der Waals surface area contributed by atoms with Gasteiger partial charge in [0.2, 0.25) is 0 Å². The summed E-state index contributed by atoms with van der Waals surface area (Å²) >= 11 is 1.05. The molecule has 8 nitrogen and oxygen atoms in total. The Balaban J connectivity index is 1.32. The SMILES string of the molecule is O=C(c1cnsn1)N(Cc1ccc(OCCN2CCOCC2)cc1)CC1CCCO1. The highest BCUT2D eigenvalue weighted by atomic mass is 32.1. The number of hydrogen-bond acceptors (Lipinski definition) is 8. The van der Waals surface area contributed by atoms with Crippen LogP contribution in [0.1, 0.15) is 28.9 Å². The molecule has 162 valence electrons. The summed E-state index contributed by atoms with van der Waals surface area (Å²) in [5, 5.41) is 0. The highest BCUT2D eigenvalue weighted by Crippen LogP contribution is 2.19. The minimum atomic E-state index is -0.106. The van der Waals surface area contributed by atoms with Crippen molar-refractivity contribution in [3.05, 3.63) is 41.7 Å². The molecule has 2 saturated heterocycles. The Morgan fingerprint density at radius 2 is 2.07 bits per heavy atom. The molecule has 1 aromatic carbocycles. The first-order valence-electron chi connectivity index (χ1n) is 10.5. The fraction of sp³-hybridized carbons (Fsp3) is 0.571. The molecule has 0 radical (unpaired) electrons. The lowest BCUT2D eigenvalue weighted by Crippen LogP contribution is -2.38. The quantitative estimate of drug-likeness (QED) is 0.600. The highest BCUT2D eigenvalue weighted by molar-refractivity contribution is 6.99. The summed E-state index contributed by atoms with van der Waals surface area (Å²) in [4.78, 5) is 17.0. The molecule has 0 aliphatic carbocycles. The number of hydrogen-bond donors (Lipinski definition) is 0. The molecular formula is C21H28N4O4S. The van der Waals surface area contributed by atoms with Crippen LogP contribution < -0.4 is 4.74 Å². The Bertz CT molecular complexity index is 775. The van der Waals surface area contributed by atoms with Crippen molar-refractivity contribution in [2.24, 2.45) is 0 Å². The van der Waals surface area contributed by atoms with Crippen molar-refractivity contribution in [3.63, 3.8) is 0 Å². The first-order valence-corrected chi connectivity index (χ1v) is 11.2. The molecule has 1 atom stereocenters. The number of ether oxygens (including phenoxy) is 3. The number of benzene rings is 1. The Morgan fingerprint density at radius 1 is 1.23 bits per heavy atom. The van der Waals surface area contributed by atoms with Gasteiger partial charge in [-0.15, -0.1) is 0 Å². The Labute approximate surface area is 181 Å². The van der Waals surface area contributed by atoms with Crippen LogP contribution >= 0.6 is 11.7 Å². The highest BCUT2D eigenvalue weighted by Gasteiger charge is 2.25. The normalized spacial score (nSPS) is 19.7. The smallest absolute Gasteiger partial charge is 0.275 e. The first-order chi connectivity index (χ1) is 14.8. The molecule has 4 rings (SSSR count). The van der Waals surface area contributed by atoms with Gasteiger partial charge < -0.3 is 19.1 Å². The van der Waals surface area contributed by atoms with E-state index >= 15 is 0 Å². The molecule has 0 bridgehead atoms. The molecule has 0 N–H and O–H groups in total.